The number of hydrogen-bond donors (Lipinski definition) is 1. The van der Waals surface area contributed by atoms with E-state index < -0.39 is 0 Å². The molecule has 0 amide bonds. The van der Waals surface area contributed by atoms with Gasteiger partial charge < -0.3 is 14.5 Å². The van der Waals surface area contributed by atoms with Crippen LogP contribution < -0.4 is 10.1 Å². The van der Waals surface area contributed by atoms with Crippen molar-refractivity contribution in [2.24, 2.45) is 0 Å². The number of nitrogens with one attached hydrogen (secondary N) is 1. The highest BCUT2D eigenvalue weighted by Gasteiger charge is 2.08. The van der Waals surface area contributed by atoms with Gasteiger partial charge in [-0.3, -0.25) is 0 Å². The van der Waals surface area contributed by atoms with Gasteiger partial charge in [0.2, 0.25) is 0 Å². The lowest BCUT2D eigenvalue weighted by atomic mass is 9.98. The lowest BCUT2D eigenvalue weighted by Crippen LogP contribution is -2.07. The predicted molar refractivity (Wildman–Crippen MR) is 81.1 cm³/mol. The molecule has 1 N–H and O–H groups in total. The van der Waals surface area contributed by atoms with Gasteiger partial charge in [-0.2, -0.15) is 0 Å². The average Bonchev–Trinajstić information content (AvgIpc) is 2.84. The Morgan fingerprint density at radius 2 is 2.05 bits per heavy atom. The number of ether oxygens (including phenoxy) is 1. The third kappa shape index (κ3) is 3.42. The van der Waals surface area contributed by atoms with Crippen LogP contribution in [0.5, 0.6) is 5.75 Å². The van der Waals surface area contributed by atoms with Gasteiger partial charge in [-0.25, -0.2) is 0 Å². The molecular weight excluding hydrogens is 250 g/mol. The van der Waals surface area contributed by atoms with Gasteiger partial charge in [0.05, 0.1) is 12.8 Å². The van der Waals surface area contributed by atoms with Crippen molar-refractivity contribution in [2.75, 3.05) is 7.05 Å². The van der Waals surface area contributed by atoms with Crippen LogP contribution in [0.15, 0.2) is 34.9 Å². The van der Waals surface area contributed by atoms with E-state index in [0.29, 0.717) is 12.5 Å². The SMILES string of the molecule is CNCc1occc1COc1ccc(C(C)C)c(C)c1. The summed E-state index contributed by atoms with van der Waals surface area (Å²) in [6.45, 7) is 7.80. The maximum Gasteiger partial charge on any atom is 0.124 e. The molecule has 108 valence electrons. The fourth-order valence-electron chi connectivity index (χ4n) is 2.36. The molecule has 3 nitrogen and oxygen atoms in total. The van der Waals surface area contributed by atoms with E-state index in [1.807, 2.05) is 19.2 Å². The summed E-state index contributed by atoms with van der Waals surface area (Å²) >= 11 is 0. The van der Waals surface area contributed by atoms with E-state index in [4.69, 9.17) is 9.15 Å². The first-order valence-corrected chi connectivity index (χ1v) is 7.05. The largest absolute Gasteiger partial charge is 0.489 e. The van der Waals surface area contributed by atoms with Crippen molar-refractivity contribution < 1.29 is 9.15 Å². The molecule has 0 bridgehead atoms. The summed E-state index contributed by atoms with van der Waals surface area (Å²) in [4.78, 5) is 0. The van der Waals surface area contributed by atoms with E-state index in [-0.39, 0.29) is 0 Å². The number of furan rings is 1. The monoisotopic (exact) mass is 273 g/mol. The second-order valence-corrected chi connectivity index (χ2v) is 5.36. The van der Waals surface area contributed by atoms with Gasteiger partial charge in [-0.1, -0.05) is 19.9 Å². The summed E-state index contributed by atoms with van der Waals surface area (Å²) in [6, 6.07) is 8.26. The fourth-order valence-corrected chi connectivity index (χ4v) is 2.36. The lowest BCUT2D eigenvalue weighted by Gasteiger charge is -2.12. The quantitative estimate of drug-likeness (QED) is 0.863. The first-order valence-electron chi connectivity index (χ1n) is 7.05. The molecule has 20 heavy (non-hydrogen) atoms. The smallest absolute Gasteiger partial charge is 0.124 e. The van der Waals surface area contributed by atoms with Gasteiger partial charge >= 0.3 is 0 Å². The third-order valence-electron chi connectivity index (χ3n) is 3.43. The van der Waals surface area contributed by atoms with Crippen LogP contribution in [0.1, 0.15) is 42.2 Å². The molecule has 2 rings (SSSR count). The van der Waals surface area contributed by atoms with Crippen molar-refractivity contribution in [1.29, 1.82) is 0 Å². The van der Waals surface area contributed by atoms with Gasteiger partial charge in [0.25, 0.3) is 0 Å². The maximum atomic E-state index is 5.87. The van der Waals surface area contributed by atoms with Crippen molar-refractivity contribution >= 4 is 0 Å². The van der Waals surface area contributed by atoms with E-state index in [1.54, 1.807) is 6.26 Å². The molecule has 0 atom stereocenters. The second kappa shape index (κ2) is 6.62. The summed E-state index contributed by atoms with van der Waals surface area (Å²) in [6.07, 6.45) is 1.71. The first kappa shape index (κ1) is 14.7. The number of benzene rings is 1. The molecule has 3 heteroatoms. The minimum atomic E-state index is 0.536. The standard InChI is InChI=1S/C17H23NO2/c1-12(2)16-6-5-15(9-13(16)3)20-11-14-7-8-19-17(14)10-18-4/h5-9,12,18H,10-11H2,1-4H3. The molecule has 0 saturated heterocycles. The Kier molecular flexibility index (Phi) is 4.85. The van der Waals surface area contributed by atoms with Crippen LogP contribution in [0.2, 0.25) is 0 Å². The van der Waals surface area contributed by atoms with Crippen LogP contribution in [-0.4, -0.2) is 7.05 Å². The molecule has 0 spiro atoms. The number of hydrogen-bond acceptors (Lipinski definition) is 3. The van der Waals surface area contributed by atoms with E-state index in [1.165, 1.54) is 11.1 Å². The van der Waals surface area contributed by atoms with Crippen LogP contribution in [0.3, 0.4) is 0 Å². The lowest BCUT2D eigenvalue weighted by molar-refractivity contribution is 0.301. The summed E-state index contributed by atoms with van der Waals surface area (Å²) < 4.78 is 11.3. The summed E-state index contributed by atoms with van der Waals surface area (Å²) in [5.41, 5.74) is 3.74. The maximum absolute atomic E-state index is 5.87. The van der Waals surface area contributed by atoms with Gasteiger partial charge in [-0.15, -0.1) is 0 Å². The Morgan fingerprint density at radius 3 is 2.70 bits per heavy atom. The van der Waals surface area contributed by atoms with E-state index >= 15 is 0 Å². The molecular formula is C17H23NO2. The third-order valence-corrected chi connectivity index (χ3v) is 3.43. The van der Waals surface area contributed by atoms with Gasteiger partial charge in [0.1, 0.15) is 18.1 Å². The Balaban J connectivity index is 2.04. The Hall–Kier alpha value is -1.74. The van der Waals surface area contributed by atoms with Crippen LogP contribution in [0.4, 0.5) is 0 Å². The van der Waals surface area contributed by atoms with Crippen molar-refractivity contribution in [3.05, 3.63) is 53.0 Å². The highest BCUT2D eigenvalue weighted by atomic mass is 16.5. The van der Waals surface area contributed by atoms with Gasteiger partial charge in [0, 0.05) is 5.56 Å². The van der Waals surface area contributed by atoms with Crippen molar-refractivity contribution in [3.8, 4) is 5.75 Å². The number of aryl methyl sites for hydroxylation is 1. The van der Waals surface area contributed by atoms with Crippen LogP contribution in [0.25, 0.3) is 0 Å². The highest BCUT2D eigenvalue weighted by Crippen LogP contribution is 2.24. The minimum Gasteiger partial charge on any atom is -0.489 e. The topological polar surface area (TPSA) is 34.4 Å². The van der Waals surface area contributed by atoms with Crippen molar-refractivity contribution in [3.63, 3.8) is 0 Å². The van der Waals surface area contributed by atoms with Crippen LogP contribution in [-0.2, 0) is 13.2 Å². The minimum absolute atomic E-state index is 0.536. The summed E-state index contributed by atoms with van der Waals surface area (Å²) in [5.74, 6) is 2.38. The average molecular weight is 273 g/mol. The van der Waals surface area contributed by atoms with Crippen LogP contribution >= 0.6 is 0 Å². The molecule has 0 fully saturated rings. The second-order valence-electron chi connectivity index (χ2n) is 5.36. The molecule has 1 aromatic carbocycles. The molecule has 1 aromatic heterocycles. The zero-order valence-corrected chi connectivity index (χ0v) is 12.7. The van der Waals surface area contributed by atoms with Crippen molar-refractivity contribution in [2.45, 2.75) is 39.8 Å². The first-order chi connectivity index (χ1) is 9.61. The summed E-state index contributed by atoms with van der Waals surface area (Å²) in [5, 5.41) is 3.09. The molecule has 0 radical (unpaired) electrons. The summed E-state index contributed by atoms with van der Waals surface area (Å²) in [7, 11) is 1.90. The molecule has 1 heterocycles. The normalized spacial score (nSPS) is 11.1. The molecule has 0 aliphatic heterocycles. The molecule has 0 aliphatic carbocycles. The van der Waals surface area contributed by atoms with E-state index in [9.17, 15) is 0 Å². The highest BCUT2D eigenvalue weighted by molar-refractivity contribution is 5.36. The Labute approximate surface area is 121 Å². The van der Waals surface area contributed by atoms with Gasteiger partial charge in [-0.05, 0) is 49.2 Å². The van der Waals surface area contributed by atoms with E-state index in [2.05, 4.69) is 38.2 Å². The predicted octanol–water partition coefficient (Wildman–Crippen LogP) is 4.01. The van der Waals surface area contributed by atoms with Crippen LogP contribution in [0, 0.1) is 6.92 Å². The molecule has 0 saturated carbocycles. The molecule has 0 aliphatic rings. The zero-order valence-electron chi connectivity index (χ0n) is 12.7. The Bertz CT molecular complexity index is 558. The Morgan fingerprint density at radius 1 is 1.25 bits per heavy atom. The van der Waals surface area contributed by atoms with Gasteiger partial charge in [0.15, 0.2) is 0 Å². The molecule has 0 unspecified atom stereocenters. The number of rotatable bonds is 6. The van der Waals surface area contributed by atoms with Crippen molar-refractivity contribution in [1.82, 2.24) is 5.32 Å². The zero-order chi connectivity index (χ0) is 14.5. The fraction of sp³-hybridized carbons (Fsp3) is 0.412. The molecule has 2 aromatic rings. The van der Waals surface area contributed by atoms with E-state index in [0.717, 1.165) is 23.6 Å².